The molecule has 0 aromatic heterocycles. The molecular formula is C14H18INO. The number of carbonyl (C=O) groups excluding carboxylic acids is 1. The monoisotopic (exact) mass is 343 g/mol. The van der Waals surface area contributed by atoms with E-state index in [4.69, 9.17) is 0 Å². The van der Waals surface area contributed by atoms with Crippen molar-refractivity contribution in [2.45, 2.75) is 12.8 Å². The van der Waals surface area contributed by atoms with Gasteiger partial charge in [0.2, 0.25) is 0 Å². The van der Waals surface area contributed by atoms with E-state index in [9.17, 15) is 4.79 Å². The van der Waals surface area contributed by atoms with Crippen LogP contribution in [0.5, 0.6) is 0 Å². The second-order valence-electron chi connectivity index (χ2n) is 4.66. The maximum atomic E-state index is 12.0. The highest BCUT2D eigenvalue weighted by atomic mass is 127. The van der Waals surface area contributed by atoms with Crippen LogP contribution in [0, 0.1) is 5.92 Å². The molecule has 0 amide bonds. The van der Waals surface area contributed by atoms with Crippen LogP contribution in [-0.2, 0) is 0 Å². The first-order valence-electron chi connectivity index (χ1n) is 6.16. The van der Waals surface area contributed by atoms with Gasteiger partial charge < -0.3 is 0 Å². The Balaban J connectivity index is 1.84. The second-order valence-corrected chi connectivity index (χ2v) is 5.54. The van der Waals surface area contributed by atoms with Crippen LogP contribution in [0.25, 0.3) is 0 Å². The molecule has 1 aromatic carbocycles. The minimum atomic E-state index is 0.249. The fourth-order valence-electron chi connectivity index (χ4n) is 2.22. The summed E-state index contributed by atoms with van der Waals surface area (Å²) < 4.78 is 1.25. The number of halogens is 1. The van der Waals surface area contributed by atoms with Gasteiger partial charge in [-0.2, -0.15) is 0 Å². The summed E-state index contributed by atoms with van der Waals surface area (Å²) in [6.45, 7) is 2.73. The lowest BCUT2D eigenvalue weighted by Gasteiger charge is -2.30. The van der Waals surface area contributed by atoms with E-state index >= 15 is 0 Å². The number of benzene rings is 1. The summed E-state index contributed by atoms with van der Waals surface area (Å²) >= 11 is 2.46. The van der Waals surface area contributed by atoms with Gasteiger partial charge in [0, 0.05) is 9.99 Å². The summed E-state index contributed by atoms with van der Waals surface area (Å²) in [5.74, 6) is 1.11. The Bertz CT molecular complexity index is 358. The summed E-state index contributed by atoms with van der Waals surface area (Å²) in [6.07, 6.45) is 2.48. The molecule has 1 aliphatic heterocycles. The molecule has 0 saturated carbocycles. The molecule has 1 fully saturated rings. The second kappa shape index (κ2) is 6.50. The van der Waals surface area contributed by atoms with Crippen LogP contribution in [-0.4, -0.2) is 34.7 Å². The molecule has 0 spiro atoms. The first-order valence-corrected chi connectivity index (χ1v) is 7.68. The Kier molecular flexibility index (Phi) is 4.98. The van der Waals surface area contributed by atoms with Crippen molar-refractivity contribution in [2.75, 3.05) is 24.1 Å². The van der Waals surface area contributed by atoms with Gasteiger partial charge in [0.25, 0.3) is 0 Å². The highest BCUT2D eigenvalue weighted by molar-refractivity contribution is 14.1. The molecule has 0 N–H and O–H groups in total. The van der Waals surface area contributed by atoms with E-state index in [1.165, 1.54) is 17.3 Å². The van der Waals surface area contributed by atoms with Gasteiger partial charge >= 0.3 is 0 Å². The van der Waals surface area contributed by atoms with Gasteiger partial charge in [-0.25, -0.2) is 0 Å². The summed E-state index contributed by atoms with van der Waals surface area (Å²) in [4.78, 5) is 14.3. The largest absolute Gasteiger partial charge is 0.296 e. The van der Waals surface area contributed by atoms with Gasteiger partial charge in [-0.15, -0.1) is 0 Å². The van der Waals surface area contributed by atoms with Crippen LogP contribution in [0.15, 0.2) is 30.3 Å². The number of Topliss-reactive ketones (excluding diaryl/α,β-unsaturated/α-hetero) is 1. The Morgan fingerprint density at radius 2 is 1.88 bits per heavy atom. The molecule has 1 heterocycles. The number of rotatable bonds is 4. The highest BCUT2D eigenvalue weighted by Gasteiger charge is 2.20. The average molecular weight is 343 g/mol. The van der Waals surface area contributed by atoms with Crippen molar-refractivity contribution in [2.24, 2.45) is 5.92 Å². The van der Waals surface area contributed by atoms with E-state index in [0.717, 1.165) is 24.6 Å². The van der Waals surface area contributed by atoms with Gasteiger partial charge in [0.1, 0.15) is 0 Å². The van der Waals surface area contributed by atoms with Crippen molar-refractivity contribution in [3.63, 3.8) is 0 Å². The molecule has 0 aliphatic carbocycles. The van der Waals surface area contributed by atoms with Gasteiger partial charge in [-0.3, -0.25) is 9.69 Å². The van der Waals surface area contributed by atoms with E-state index < -0.39 is 0 Å². The number of piperidine rings is 1. The molecule has 92 valence electrons. The summed E-state index contributed by atoms with van der Waals surface area (Å²) in [5, 5.41) is 0. The first kappa shape index (κ1) is 13.0. The molecule has 0 unspecified atom stereocenters. The van der Waals surface area contributed by atoms with Crippen LogP contribution in [0.2, 0.25) is 0 Å². The molecule has 2 nitrogen and oxygen atoms in total. The van der Waals surface area contributed by atoms with Gasteiger partial charge in [0.05, 0.1) is 6.54 Å². The smallest absolute Gasteiger partial charge is 0.176 e. The standard InChI is InChI=1S/C14H18INO/c15-10-12-6-8-16(9-7-12)11-14(17)13-4-2-1-3-5-13/h1-5,12H,6-11H2. The predicted octanol–water partition coefficient (Wildman–Crippen LogP) is 3.02. The van der Waals surface area contributed by atoms with Crippen molar-refractivity contribution in [3.05, 3.63) is 35.9 Å². The molecule has 3 heteroatoms. The molecule has 1 aliphatic rings. The topological polar surface area (TPSA) is 20.3 Å². The zero-order chi connectivity index (χ0) is 12.1. The summed E-state index contributed by atoms with van der Waals surface area (Å²) in [5.41, 5.74) is 0.837. The molecular weight excluding hydrogens is 325 g/mol. The third kappa shape index (κ3) is 3.78. The number of hydrogen-bond acceptors (Lipinski definition) is 2. The third-order valence-electron chi connectivity index (χ3n) is 3.39. The van der Waals surface area contributed by atoms with Gasteiger partial charge in [-0.1, -0.05) is 52.9 Å². The summed E-state index contributed by atoms with van der Waals surface area (Å²) in [7, 11) is 0. The molecule has 0 bridgehead atoms. The van der Waals surface area contributed by atoms with Crippen molar-refractivity contribution in [1.82, 2.24) is 4.90 Å². The van der Waals surface area contributed by atoms with Gasteiger partial charge in [-0.05, 0) is 31.8 Å². The number of alkyl halides is 1. The number of hydrogen-bond donors (Lipinski definition) is 0. The maximum absolute atomic E-state index is 12.0. The summed E-state index contributed by atoms with van der Waals surface area (Å²) in [6, 6.07) is 9.60. The van der Waals surface area contributed by atoms with Crippen molar-refractivity contribution >= 4 is 28.4 Å². The van der Waals surface area contributed by atoms with Crippen molar-refractivity contribution in [1.29, 1.82) is 0 Å². The van der Waals surface area contributed by atoms with E-state index in [0.29, 0.717) is 6.54 Å². The van der Waals surface area contributed by atoms with E-state index in [2.05, 4.69) is 27.5 Å². The highest BCUT2D eigenvalue weighted by Crippen LogP contribution is 2.19. The average Bonchev–Trinajstić information content (AvgIpc) is 2.40. The number of nitrogens with zero attached hydrogens (tertiary/aromatic N) is 1. The molecule has 1 aromatic rings. The van der Waals surface area contributed by atoms with Crippen LogP contribution in [0.1, 0.15) is 23.2 Å². The van der Waals surface area contributed by atoms with E-state index in [1.807, 2.05) is 30.3 Å². The molecule has 17 heavy (non-hydrogen) atoms. The van der Waals surface area contributed by atoms with E-state index in [-0.39, 0.29) is 5.78 Å². The lowest BCUT2D eigenvalue weighted by atomic mass is 9.98. The van der Waals surface area contributed by atoms with Gasteiger partial charge in [0.15, 0.2) is 5.78 Å². The van der Waals surface area contributed by atoms with Crippen LogP contribution >= 0.6 is 22.6 Å². The zero-order valence-corrected chi connectivity index (χ0v) is 12.1. The normalized spacial score (nSPS) is 18.2. The molecule has 2 rings (SSSR count). The lowest BCUT2D eigenvalue weighted by Crippen LogP contribution is -2.37. The Labute approximate surface area is 117 Å². The van der Waals surface area contributed by atoms with Crippen molar-refractivity contribution in [3.8, 4) is 0 Å². The first-order chi connectivity index (χ1) is 8.29. The Morgan fingerprint density at radius 3 is 2.47 bits per heavy atom. The minimum absolute atomic E-state index is 0.249. The molecule has 1 saturated heterocycles. The fourth-order valence-corrected chi connectivity index (χ4v) is 3.10. The zero-order valence-electron chi connectivity index (χ0n) is 9.94. The Morgan fingerprint density at radius 1 is 1.24 bits per heavy atom. The van der Waals surface area contributed by atoms with Crippen LogP contribution in [0.3, 0.4) is 0 Å². The number of carbonyl (C=O) groups is 1. The third-order valence-corrected chi connectivity index (χ3v) is 4.63. The number of likely N-dealkylation sites (tertiary alicyclic amines) is 1. The SMILES string of the molecule is O=C(CN1CCC(CI)CC1)c1ccccc1. The van der Waals surface area contributed by atoms with E-state index in [1.54, 1.807) is 0 Å². The molecule has 0 radical (unpaired) electrons. The maximum Gasteiger partial charge on any atom is 0.176 e. The van der Waals surface area contributed by atoms with Crippen LogP contribution in [0.4, 0.5) is 0 Å². The number of ketones is 1. The van der Waals surface area contributed by atoms with Crippen LogP contribution < -0.4 is 0 Å². The predicted molar refractivity (Wildman–Crippen MR) is 78.8 cm³/mol. The Hall–Kier alpha value is -0.420. The molecule has 0 atom stereocenters. The fraction of sp³-hybridized carbons (Fsp3) is 0.500. The lowest BCUT2D eigenvalue weighted by molar-refractivity contribution is 0.0901. The van der Waals surface area contributed by atoms with Crippen molar-refractivity contribution < 1.29 is 4.79 Å². The quantitative estimate of drug-likeness (QED) is 0.476. The minimum Gasteiger partial charge on any atom is -0.296 e.